The van der Waals surface area contributed by atoms with Gasteiger partial charge in [0.05, 0.1) is 5.52 Å². The average Bonchev–Trinajstić information content (AvgIpc) is 3.04. The summed E-state index contributed by atoms with van der Waals surface area (Å²) in [6.45, 7) is 5.85. The Morgan fingerprint density at radius 1 is 1.24 bits per heavy atom. The van der Waals surface area contributed by atoms with Crippen LogP contribution < -0.4 is 4.74 Å². The van der Waals surface area contributed by atoms with E-state index in [0.717, 1.165) is 34.9 Å². The van der Waals surface area contributed by atoms with Gasteiger partial charge in [-0.25, -0.2) is 4.39 Å². The predicted octanol–water partition coefficient (Wildman–Crippen LogP) is 5.14. The van der Waals surface area contributed by atoms with Crippen LogP contribution in [-0.2, 0) is 13.0 Å². The van der Waals surface area contributed by atoms with E-state index >= 15 is 0 Å². The minimum atomic E-state index is -0.245. The van der Waals surface area contributed by atoms with E-state index in [1.54, 1.807) is 12.3 Å². The van der Waals surface area contributed by atoms with Crippen molar-refractivity contribution in [2.45, 2.75) is 26.4 Å². The van der Waals surface area contributed by atoms with Gasteiger partial charge in [-0.1, -0.05) is 32.1 Å². The molecule has 0 atom stereocenters. The lowest BCUT2D eigenvalue weighted by atomic mass is 10.1. The quantitative estimate of drug-likeness (QED) is 0.583. The van der Waals surface area contributed by atoms with Crippen molar-refractivity contribution in [1.82, 2.24) is 4.57 Å². The molecule has 0 amide bonds. The number of benzene rings is 2. The molecule has 3 aromatic rings. The number of hydrogen-bond donors (Lipinski definition) is 0. The highest BCUT2D eigenvalue weighted by Crippen LogP contribution is 2.27. The molecule has 3 rings (SSSR count). The number of aromatic nitrogens is 1. The van der Waals surface area contributed by atoms with Gasteiger partial charge < -0.3 is 4.74 Å². The van der Waals surface area contributed by atoms with E-state index in [2.05, 4.69) is 13.5 Å². The van der Waals surface area contributed by atoms with Crippen molar-refractivity contribution in [2.75, 3.05) is 0 Å². The van der Waals surface area contributed by atoms with E-state index in [9.17, 15) is 9.18 Å². The first-order chi connectivity index (χ1) is 12.1. The molecule has 0 radical (unpaired) electrons. The summed E-state index contributed by atoms with van der Waals surface area (Å²) in [7, 11) is 0. The molecule has 0 aliphatic carbocycles. The van der Waals surface area contributed by atoms with Crippen LogP contribution in [0.2, 0.25) is 0 Å². The molecule has 2 aromatic carbocycles. The Hall–Kier alpha value is -2.88. The Kier molecular flexibility index (Phi) is 4.98. The first-order valence-corrected chi connectivity index (χ1v) is 8.30. The molecule has 0 aliphatic rings. The minimum Gasteiger partial charge on any atom is -0.488 e. The van der Waals surface area contributed by atoms with Gasteiger partial charge in [0, 0.05) is 11.6 Å². The summed E-state index contributed by atoms with van der Waals surface area (Å²) in [6, 6.07) is 12.4. The summed E-state index contributed by atoms with van der Waals surface area (Å²) < 4.78 is 21.2. The first kappa shape index (κ1) is 17.0. The van der Waals surface area contributed by atoms with E-state index in [0.29, 0.717) is 5.75 Å². The van der Waals surface area contributed by atoms with Crippen molar-refractivity contribution < 1.29 is 13.9 Å². The zero-order chi connectivity index (χ0) is 17.8. The van der Waals surface area contributed by atoms with Gasteiger partial charge in [-0.3, -0.25) is 9.36 Å². The molecule has 1 heterocycles. The van der Waals surface area contributed by atoms with Crippen LogP contribution in [0.1, 0.15) is 29.3 Å². The minimum absolute atomic E-state index is 0.193. The summed E-state index contributed by atoms with van der Waals surface area (Å²) in [5.41, 5.74) is 2.53. The second kappa shape index (κ2) is 7.34. The van der Waals surface area contributed by atoms with E-state index in [4.69, 9.17) is 4.74 Å². The smallest absolute Gasteiger partial charge is 0.254 e. The van der Waals surface area contributed by atoms with Crippen molar-refractivity contribution >= 4 is 16.8 Å². The maximum atomic E-state index is 13.8. The first-order valence-electron chi connectivity index (χ1n) is 8.30. The zero-order valence-corrected chi connectivity index (χ0v) is 14.2. The number of rotatable bonds is 6. The SMILES string of the molecule is C=CC(=O)n1ccc2c(OCc3cc(F)cc(CCC)c3)cccc21. The Balaban J connectivity index is 1.85. The van der Waals surface area contributed by atoms with Gasteiger partial charge in [-0.05, 0) is 54.0 Å². The number of ether oxygens (including phenoxy) is 1. The van der Waals surface area contributed by atoms with Crippen LogP contribution in [0.5, 0.6) is 5.75 Å². The lowest BCUT2D eigenvalue weighted by molar-refractivity contribution is 0.0974. The number of allylic oxidation sites excluding steroid dienone is 1. The molecule has 0 saturated heterocycles. The van der Waals surface area contributed by atoms with Gasteiger partial charge in [-0.2, -0.15) is 0 Å². The van der Waals surface area contributed by atoms with Crippen molar-refractivity contribution in [3.8, 4) is 5.75 Å². The maximum Gasteiger partial charge on any atom is 0.254 e. The molecule has 25 heavy (non-hydrogen) atoms. The fraction of sp³-hybridized carbons (Fsp3) is 0.190. The van der Waals surface area contributed by atoms with E-state index in [1.807, 2.05) is 30.3 Å². The summed E-state index contributed by atoms with van der Waals surface area (Å²) >= 11 is 0. The molecule has 128 valence electrons. The highest BCUT2D eigenvalue weighted by molar-refractivity contribution is 5.99. The summed E-state index contributed by atoms with van der Waals surface area (Å²) in [5, 5.41) is 0.836. The second-order valence-electron chi connectivity index (χ2n) is 5.92. The molecule has 4 heteroatoms. The van der Waals surface area contributed by atoms with Crippen LogP contribution in [0, 0.1) is 5.82 Å². The fourth-order valence-electron chi connectivity index (χ4n) is 2.95. The normalized spacial score (nSPS) is 10.8. The number of halogens is 1. The number of hydrogen-bond acceptors (Lipinski definition) is 2. The largest absolute Gasteiger partial charge is 0.488 e. The van der Waals surface area contributed by atoms with Crippen LogP contribution >= 0.6 is 0 Å². The molecular weight excluding hydrogens is 317 g/mol. The third-order valence-electron chi connectivity index (χ3n) is 4.06. The van der Waals surface area contributed by atoms with Gasteiger partial charge in [0.15, 0.2) is 0 Å². The van der Waals surface area contributed by atoms with Gasteiger partial charge >= 0.3 is 0 Å². The van der Waals surface area contributed by atoms with Crippen LogP contribution in [0.25, 0.3) is 10.9 Å². The van der Waals surface area contributed by atoms with Crippen LogP contribution in [0.15, 0.2) is 61.3 Å². The van der Waals surface area contributed by atoms with Crippen molar-refractivity contribution in [3.63, 3.8) is 0 Å². The van der Waals surface area contributed by atoms with Crippen molar-refractivity contribution in [2.24, 2.45) is 0 Å². The molecule has 0 bridgehead atoms. The number of carbonyl (C=O) groups excluding carboxylic acids is 1. The number of aryl methyl sites for hydroxylation is 1. The molecule has 0 saturated carbocycles. The highest BCUT2D eigenvalue weighted by Gasteiger charge is 2.10. The third-order valence-corrected chi connectivity index (χ3v) is 4.06. The van der Waals surface area contributed by atoms with E-state index in [-0.39, 0.29) is 18.3 Å². The summed E-state index contributed by atoms with van der Waals surface area (Å²) in [5.74, 6) is 0.224. The fourth-order valence-corrected chi connectivity index (χ4v) is 2.95. The lowest BCUT2D eigenvalue weighted by Crippen LogP contribution is -2.04. The molecule has 0 aliphatic heterocycles. The topological polar surface area (TPSA) is 31.2 Å². The highest BCUT2D eigenvalue weighted by atomic mass is 19.1. The average molecular weight is 337 g/mol. The number of nitrogens with zero attached hydrogens (tertiary/aromatic N) is 1. The molecule has 0 spiro atoms. The molecule has 0 unspecified atom stereocenters. The summed E-state index contributed by atoms with van der Waals surface area (Å²) in [4.78, 5) is 11.9. The number of carbonyl (C=O) groups is 1. The molecule has 3 nitrogen and oxygen atoms in total. The van der Waals surface area contributed by atoms with Crippen LogP contribution in [-0.4, -0.2) is 10.5 Å². The Morgan fingerprint density at radius 2 is 2.04 bits per heavy atom. The Bertz CT molecular complexity index is 927. The Labute approximate surface area is 146 Å². The molecular formula is C21H20FNO2. The van der Waals surface area contributed by atoms with Crippen molar-refractivity contribution in [1.29, 1.82) is 0 Å². The van der Waals surface area contributed by atoms with Gasteiger partial charge in [0.2, 0.25) is 0 Å². The molecule has 0 N–H and O–H groups in total. The van der Waals surface area contributed by atoms with E-state index < -0.39 is 0 Å². The van der Waals surface area contributed by atoms with Gasteiger partial charge in [-0.15, -0.1) is 0 Å². The second-order valence-corrected chi connectivity index (χ2v) is 5.92. The standard InChI is InChI=1S/C21H20FNO2/c1-3-6-15-11-16(13-17(22)12-15)14-25-20-8-5-7-19-18(20)9-10-23(19)21(24)4-2/h4-5,7-13H,2-3,6,14H2,1H3. The molecule has 1 aromatic heterocycles. The third kappa shape index (κ3) is 3.63. The lowest BCUT2D eigenvalue weighted by Gasteiger charge is -2.10. The van der Waals surface area contributed by atoms with Crippen molar-refractivity contribution in [3.05, 3.63) is 78.3 Å². The monoisotopic (exact) mass is 337 g/mol. The Morgan fingerprint density at radius 3 is 2.80 bits per heavy atom. The predicted molar refractivity (Wildman–Crippen MR) is 97.5 cm³/mol. The van der Waals surface area contributed by atoms with Gasteiger partial charge in [0.25, 0.3) is 5.91 Å². The zero-order valence-electron chi connectivity index (χ0n) is 14.2. The van der Waals surface area contributed by atoms with Gasteiger partial charge in [0.1, 0.15) is 18.2 Å². The molecule has 0 fully saturated rings. The maximum absolute atomic E-state index is 13.8. The summed E-state index contributed by atoms with van der Waals surface area (Å²) in [6.07, 6.45) is 4.78. The number of fused-ring (bicyclic) bond motifs is 1. The van der Waals surface area contributed by atoms with Crippen LogP contribution in [0.4, 0.5) is 4.39 Å². The van der Waals surface area contributed by atoms with Crippen LogP contribution in [0.3, 0.4) is 0 Å². The van der Waals surface area contributed by atoms with E-state index in [1.165, 1.54) is 16.7 Å².